The summed E-state index contributed by atoms with van der Waals surface area (Å²) in [6.07, 6.45) is 2.72. The Balaban J connectivity index is 1.47. The molecule has 0 aliphatic carbocycles. The molecule has 0 saturated carbocycles. The van der Waals surface area contributed by atoms with Crippen LogP contribution in [0.25, 0.3) is 10.9 Å². The average molecular weight is 456 g/mol. The van der Waals surface area contributed by atoms with Gasteiger partial charge >= 0.3 is 0 Å². The number of carbonyl (C=O) groups excluding carboxylic acids is 2. The van der Waals surface area contributed by atoms with Crippen molar-refractivity contribution in [2.24, 2.45) is 5.73 Å². The summed E-state index contributed by atoms with van der Waals surface area (Å²) in [5.41, 5.74) is 7.04. The minimum Gasteiger partial charge on any atom is -0.366 e. The molecule has 2 aromatic heterocycles. The Hall–Kier alpha value is -4.40. The van der Waals surface area contributed by atoms with Gasteiger partial charge in [0.05, 0.1) is 16.5 Å². The zero-order chi connectivity index (χ0) is 23.9. The lowest BCUT2D eigenvalue weighted by Crippen LogP contribution is -2.68. The molecule has 0 atom stereocenters. The summed E-state index contributed by atoms with van der Waals surface area (Å²) in [4.78, 5) is 39.2. The number of rotatable bonds is 5. The Bertz CT molecular complexity index is 1410. The molecule has 1 aliphatic rings. The van der Waals surface area contributed by atoms with Crippen LogP contribution in [0.1, 0.15) is 32.0 Å². The number of amides is 2. The molecule has 1 aliphatic heterocycles. The number of hydrogen-bond donors (Lipinski definition) is 2. The number of nitrogens with zero attached hydrogens (tertiary/aromatic N) is 4. The molecular formula is C25H21FN6O2. The topological polar surface area (TPSA) is 114 Å². The molecule has 2 amide bonds. The van der Waals surface area contributed by atoms with Gasteiger partial charge in [0.25, 0.3) is 11.8 Å². The van der Waals surface area contributed by atoms with Gasteiger partial charge in [-0.2, -0.15) is 0 Å². The van der Waals surface area contributed by atoms with Crippen molar-refractivity contribution in [3.8, 4) is 0 Å². The number of primary amides is 1. The lowest BCUT2D eigenvalue weighted by molar-refractivity contribution is 0.0867. The summed E-state index contributed by atoms with van der Waals surface area (Å²) >= 11 is 0. The number of aryl methyl sites for hydroxylation is 1. The summed E-state index contributed by atoms with van der Waals surface area (Å²) in [5, 5.41) is 3.45. The first-order valence-electron chi connectivity index (χ1n) is 10.7. The van der Waals surface area contributed by atoms with Gasteiger partial charge in [-0.3, -0.25) is 14.6 Å². The Morgan fingerprint density at radius 2 is 1.82 bits per heavy atom. The molecule has 5 rings (SSSR count). The van der Waals surface area contributed by atoms with E-state index in [4.69, 9.17) is 5.73 Å². The van der Waals surface area contributed by atoms with Gasteiger partial charge in [0.2, 0.25) is 0 Å². The highest BCUT2D eigenvalue weighted by Gasteiger charge is 2.47. The molecule has 3 heterocycles. The fraction of sp³-hybridized carbons (Fsp3) is 0.160. The van der Waals surface area contributed by atoms with Gasteiger partial charge in [0.15, 0.2) is 0 Å². The van der Waals surface area contributed by atoms with Crippen molar-refractivity contribution >= 4 is 28.5 Å². The number of nitrogens with one attached hydrogen (secondary N) is 1. The van der Waals surface area contributed by atoms with Crippen molar-refractivity contribution in [3.05, 3.63) is 95.3 Å². The maximum Gasteiger partial charge on any atom is 0.270 e. The van der Waals surface area contributed by atoms with Crippen molar-refractivity contribution < 1.29 is 14.0 Å². The van der Waals surface area contributed by atoms with Crippen LogP contribution >= 0.6 is 0 Å². The SMILES string of the molecule is Cc1cc(C(=O)NC2(c3ccccc3)CN(c3ncnc4cccc(F)c34)C2)ncc1C(N)=O. The fourth-order valence-electron chi connectivity index (χ4n) is 4.36. The normalized spacial score (nSPS) is 14.5. The number of carbonyl (C=O) groups is 2. The van der Waals surface area contributed by atoms with E-state index in [1.807, 2.05) is 35.2 Å². The third-order valence-corrected chi connectivity index (χ3v) is 6.10. The minimum absolute atomic E-state index is 0.176. The molecule has 2 aromatic carbocycles. The third-order valence-electron chi connectivity index (χ3n) is 6.10. The predicted molar refractivity (Wildman–Crippen MR) is 125 cm³/mol. The van der Waals surface area contributed by atoms with Crippen molar-refractivity contribution in [1.82, 2.24) is 20.3 Å². The molecule has 1 saturated heterocycles. The molecule has 8 nitrogen and oxygen atoms in total. The minimum atomic E-state index is -0.737. The number of halogens is 1. The number of pyridine rings is 1. The Morgan fingerprint density at radius 3 is 2.53 bits per heavy atom. The summed E-state index contributed by atoms with van der Waals surface area (Å²) in [6, 6.07) is 15.8. The van der Waals surface area contributed by atoms with E-state index in [0.29, 0.717) is 35.4 Å². The molecule has 4 aromatic rings. The molecule has 9 heteroatoms. The Kier molecular flexibility index (Phi) is 5.16. The Labute approximate surface area is 194 Å². The number of fused-ring (bicyclic) bond motifs is 1. The van der Waals surface area contributed by atoms with Gasteiger partial charge in [-0.15, -0.1) is 0 Å². The summed E-state index contributed by atoms with van der Waals surface area (Å²) in [5.74, 6) is -0.912. The van der Waals surface area contributed by atoms with Gasteiger partial charge in [0.1, 0.15) is 29.2 Å². The standard InChI is InChI=1S/C25H21FN6O2/c1-15-10-20(28-11-17(15)22(27)33)24(34)31-25(16-6-3-2-4-7-16)12-32(13-25)23-21-18(26)8-5-9-19(21)29-14-30-23/h2-11,14H,12-13H2,1H3,(H2,27,33)(H,31,34). The van der Waals surface area contributed by atoms with Crippen LogP contribution in [-0.2, 0) is 5.54 Å². The van der Waals surface area contributed by atoms with Crippen molar-refractivity contribution in [3.63, 3.8) is 0 Å². The van der Waals surface area contributed by atoms with Gasteiger partial charge in [-0.1, -0.05) is 36.4 Å². The smallest absolute Gasteiger partial charge is 0.270 e. The fourth-order valence-corrected chi connectivity index (χ4v) is 4.36. The number of hydrogen-bond acceptors (Lipinski definition) is 6. The largest absolute Gasteiger partial charge is 0.366 e. The highest BCUT2D eigenvalue weighted by atomic mass is 19.1. The van der Waals surface area contributed by atoms with Crippen LogP contribution in [0.3, 0.4) is 0 Å². The monoisotopic (exact) mass is 456 g/mol. The maximum absolute atomic E-state index is 14.6. The van der Waals surface area contributed by atoms with Crippen LogP contribution in [0.15, 0.2) is 67.1 Å². The zero-order valence-electron chi connectivity index (χ0n) is 18.3. The highest BCUT2D eigenvalue weighted by Crippen LogP contribution is 2.38. The molecule has 1 fully saturated rings. The predicted octanol–water partition coefficient (Wildman–Crippen LogP) is 2.72. The number of aromatic nitrogens is 3. The first-order chi connectivity index (χ1) is 16.4. The molecule has 0 bridgehead atoms. The molecule has 0 radical (unpaired) electrons. The summed E-state index contributed by atoms with van der Waals surface area (Å²) < 4.78 is 14.6. The van der Waals surface area contributed by atoms with E-state index < -0.39 is 17.3 Å². The molecular weight excluding hydrogens is 435 g/mol. The molecule has 3 N–H and O–H groups in total. The summed E-state index contributed by atoms with van der Waals surface area (Å²) in [7, 11) is 0. The second-order valence-corrected chi connectivity index (χ2v) is 8.34. The van der Waals surface area contributed by atoms with E-state index >= 15 is 0 Å². The lowest BCUT2D eigenvalue weighted by Gasteiger charge is -2.51. The maximum atomic E-state index is 14.6. The van der Waals surface area contributed by atoms with E-state index in [2.05, 4.69) is 20.3 Å². The number of benzene rings is 2. The lowest BCUT2D eigenvalue weighted by atomic mass is 9.81. The molecule has 0 spiro atoms. The van der Waals surface area contributed by atoms with Gasteiger partial charge in [-0.05, 0) is 36.2 Å². The van der Waals surface area contributed by atoms with Crippen LogP contribution < -0.4 is 16.0 Å². The summed E-state index contributed by atoms with van der Waals surface area (Å²) in [6.45, 7) is 2.45. The number of nitrogens with two attached hydrogens (primary N) is 1. The van der Waals surface area contributed by atoms with E-state index in [1.54, 1.807) is 19.1 Å². The highest BCUT2D eigenvalue weighted by molar-refractivity contribution is 5.97. The third kappa shape index (κ3) is 3.61. The zero-order valence-corrected chi connectivity index (χ0v) is 18.3. The van der Waals surface area contributed by atoms with Crippen molar-refractivity contribution in [1.29, 1.82) is 0 Å². The first-order valence-corrected chi connectivity index (χ1v) is 10.7. The van der Waals surface area contributed by atoms with Crippen LogP contribution in [0.4, 0.5) is 10.2 Å². The van der Waals surface area contributed by atoms with E-state index in [-0.39, 0.29) is 17.2 Å². The van der Waals surface area contributed by atoms with Crippen molar-refractivity contribution in [2.45, 2.75) is 12.5 Å². The second kappa shape index (κ2) is 8.18. The van der Waals surface area contributed by atoms with Gasteiger partial charge in [-0.25, -0.2) is 14.4 Å². The Morgan fingerprint density at radius 1 is 1.06 bits per heavy atom. The van der Waals surface area contributed by atoms with E-state index in [0.717, 1.165) is 5.56 Å². The van der Waals surface area contributed by atoms with Crippen LogP contribution in [0.2, 0.25) is 0 Å². The first kappa shape index (κ1) is 21.4. The second-order valence-electron chi connectivity index (χ2n) is 8.34. The molecule has 170 valence electrons. The van der Waals surface area contributed by atoms with E-state index in [9.17, 15) is 14.0 Å². The van der Waals surface area contributed by atoms with E-state index in [1.165, 1.54) is 24.7 Å². The quantitative estimate of drug-likeness (QED) is 0.477. The average Bonchev–Trinajstić information content (AvgIpc) is 2.81. The van der Waals surface area contributed by atoms with Crippen LogP contribution in [-0.4, -0.2) is 39.9 Å². The van der Waals surface area contributed by atoms with Gasteiger partial charge in [0, 0.05) is 19.3 Å². The van der Waals surface area contributed by atoms with Crippen LogP contribution in [0.5, 0.6) is 0 Å². The number of anilines is 1. The molecule has 34 heavy (non-hydrogen) atoms. The van der Waals surface area contributed by atoms with Gasteiger partial charge < -0.3 is 16.0 Å². The molecule has 0 unspecified atom stereocenters. The van der Waals surface area contributed by atoms with Crippen molar-refractivity contribution in [2.75, 3.05) is 18.0 Å². The van der Waals surface area contributed by atoms with Crippen LogP contribution in [0, 0.1) is 12.7 Å².